The quantitative estimate of drug-likeness (QED) is 0.776. The van der Waals surface area contributed by atoms with Crippen molar-refractivity contribution in [1.29, 1.82) is 5.26 Å². The summed E-state index contributed by atoms with van der Waals surface area (Å²) in [4.78, 5) is 3.17. The highest BCUT2D eigenvalue weighted by Gasteiger charge is 2.59. The molecule has 0 aliphatic heterocycles. The minimum Gasteiger partial charge on any atom is -0.454 e. The number of nitriles is 1. The number of aromatic nitrogens is 1. The number of halogens is 6. The maximum atomic E-state index is 12.2. The molecular weight excluding hydrogens is 266 g/mol. The molecule has 0 spiro atoms. The topological polar surface area (TPSA) is 45.9 Å². The molecule has 0 N–H and O–H groups in total. The summed E-state index contributed by atoms with van der Waals surface area (Å²) in [6.45, 7) is 0. The first-order valence-electron chi connectivity index (χ1n) is 4.31. The van der Waals surface area contributed by atoms with Crippen LogP contribution < -0.4 is 4.74 Å². The third-order valence-corrected chi connectivity index (χ3v) is 1.72. The number of hydrogen-bond donors (Lipinski definition) is 0. The summed E-state index contributed by atoms with van der Waals surface area (Å²) in [5.74, 6) is -1.01. The van der Waals surface area contributed by atoms with Crippen LogP contribution in [0.2, 0.25) is 0 Å². The van der Waals surface area contributed by atoms with Gasteiger partial charge in [-0.15, -0.1) is 0 Å². The molecule has 0 aliphatic rings. The van der Waals surface area contributed by atoms with Gasteiger partial charge in [-0.25, -0.2) is 4.98 Å². The zero-order chi connectivity index (χ0) is 14.0. The minimum absolute atomic E-state index is 0.518. The molecule has 0 aliphatic carbocycles. The van der Waals surface area contributed by atoms with Crippen molar-refractivity contribution in [1.82, 2.24) is 4.98 Å². The van der Waals surface area contributed by atoms with Crippen molar-refractivity contribution < 1.29 is 31.1 Å². The molecule has 1 heterocycles. The van der Waals surface area contributed by atoms with Crippen LogP contribution in [0.3, 0.4) is 0 Å². The Labute approximate surface area is 96.6 Å². The number of alkyl halides is 6. The van der Waals surface area contributed by atoms with Crippen molar-refractivity contribution >= 4 is 0 Å². The Balaban J connectivity index is 3.10. The van der Waals surface area contributed by atoms with E-state index in [2.05, 4.69) is 9.72 Å². The Morgan fingerprint density at radius 3 is 2.17 bits per heavy atom. The first kappa shape index (κ1) is 14.1. The number of nitrogens with zero attached hydrogens (tertiary/aromatic N) is 2. The maximum Gasteiger partial charge on any atom is 0.434 e. The van der Waals surface area contributed by atoms with E-state index in [1.807, 2.05) is 0 Å². The number of pyridine rings is 1. The molecule has 1 aromatic heterocycles. The second-order valence-corrected chi connectivity index (χ2v) is 3.05. The number of rotatable bonds is 2. The summed E-state index contributed by atoms with van der Waals surface area (Å²) in [5.41, 5.74) is -0.518. The van der Waals surface area contributed by atoms with Gasteiger partial charge in [-0.1, -0.05) is 0 Å². The van der Waals surface area contributed by atoms with Crippen LogP contribution in [-0.4, -0.2) is 23.4 Å². The minimum atomic E-state index is -5.65. The summed E-state index contributed by atoms with van der Waals surface area (Å²) >= 11 is 0. The Morgan fingerprint density at radius 2 is 1.72 bits per heavy atom. The van der Waals surface area contributed by atoms with Gasteiger partial charge in [0.1, 0.15) is 11.6 Å². The lowest BCUT2D eigenvalue weighted by Crippen LogP contribution is -2.46. The predicted octanol–water partition coefficient (Wildman–Crippen LogP) is 2.83. The van der Waals surface area contributed by atoms with E-state index in [9.17, 15) is 26.3 Å². The Hall–Kier alpha value is -1.98. The molecule has 0 bridgehead atoms. The van der Waals surface area contributed by atoms with Gasteiger partial charge in [0.2, 0.25) is 5.88 Å². The Bertz CT molecular complexity index is 447. The van der Waals surface area contributed by atoms with Crippen LogP contribution in [0.4, 0.5) is 26.3 Å². The van der Waals surface area contributed by atoms with Crippen molar-refractivity contribution in [3.63, 3.8) is 0 Å². The average molecular weight is 270 g/mol. The SMILES string of the molecule is N#Cc1cccnc1OC(C(F)(F)F)C(F)(F)F. The van der Waals surface area contributed by atoms with Crippen molar-refractivity contribution in [3.05, 3.63) is 23.9 Å². The molecule has 0 saturated heterocycles. The van der Waals surface area contributed by atoms with E-state index in [4.69, 9.17) is 5.26 Å². The lowest BCUT2D eigenvalue weighted by Gasteiger charge is -2.23. The van der Waals surface area contributed by atoms with E-state index in [0.717, 1.165) is 12.3 Å². The van der Waals surface area contributed by atoms with Crippen LogP contribution in [0.5, 0.6) is 5.88 Å². The summed E-state index contributed by atoms with van der Waals surface area (Å²) in [6, 6.07) is 3.56. The van der Waals surface area contributed by atoms with Gasteiger partial charge < -0.3 is 4.74 Å². The molecule has 0 atom stereocenters. The number of ether oxygens (including phenoxy) is 1. The first-order valence-corrected chi connectivity index (χ1v) is 4.31. The Morgan fingerprint density at radius 1 is 1.17 bits per heavy atom. The molecule has 0 aromatic carbocycles. The first-order chi connectivity index (χ1) is 8.16. The standard InChI is InChI=1S/C9H4F6N2O/c10-8(11,12)7(9(13,14)15)18-6-5(4-16)2-1-3-17-6/h1-3,7H. The van der Waals surface area contributed by atoms with Crippen LogP contribution in [0.25, 0.3) is 0 Å². The average Bonchev–Trinajstić information content (AvgIpc) is 2.23. The van der Waals surface area contributed by atoms with Gasteiger partial charge in [0, 0.05) is 6.20 Å². The van der Waals surface area contributed by atoms with E-state index in [-0.39, 0.29) is 0 Å². The monoisotopic (exact) mass is 270 g/mol. The van der Waals surface area contributed by atoms with Crippen molar-refractivity contribution in [3.8, 4) is 11.9 Å². The normalized spacial score (nSPS) is 12.3. The maximum absolute atomic E-state index is 12.2. The van der Waals surface area contributed by atoms with Crippen LogP contribution in [0.15, 0.2) is 18.3 Å². The predicted molar refractivity (Wildman–Crippen MR) is 45.5 cm³/mol. The van der Waals surface area contributed by atoms with Gasteiger partial charge in [-0.05, 0) is 12.1 Å². The van der Waals surface area contributed by atoms with Crippen LogP contribution in [0, 0.1) is 11.3 Å². The zero-order valence-corrected chi connectivity index (χ0v) is 8.38. The molecule has 0 radical (unpaired) electrons. The molecule has 98 valence electrons. The van der Waals surface area contributed by atoms with Gasteiger partial charge in [-0.3, -0.25) is 0 Å². The van der Waals surface area contributed by atoms with E-state index >= 15 is 0 Å². The Kier molecular flexibility index (Phi) is 3.69. The molecule has 18 heavy (non-hydrogen) atoms. The van der Waals surface area contributed by atoms with E-state index < -0.39 is 29.9 Å². The second-order valence-electron chi connectivity index (χ2n) is 3.05. The second kappa shape index (κ2) is 4.72. The summed E-state index contributed by atoms with van der Waals surface area (Å²) < 4.78 is 76.9. The van der Waals surface area contributed by atoms with Gasteiger partial charge >= 0.3 is 12.4 Å². The highest BCUT2D eigenvalue weighted by Crippen LogP contribution is 2.36. The molecule has 0 unspecified atom stereocenters. The van der Waals surface area contributed by atoms with Crippen LogP contribution in [-0.2, 0) is 0 Å². The molecule has 0 amide bonds. The van der Waals surface area contributed by atoms with Gasteiger partial charge in [-0.2, -0.15) is 31.6 Å². The summed E-state index contributed by atoms with van der Waals surface area (Å²) in [7, 11) is 0. The molecule has 0 fully saturated rings. The van der Waals surface area contributed by atoms with Gasteiger partial charge in [0.15, 0.2) is 0 Å². The molecular formula is C9H4F6N2O. The molecule has 1 rings (SSSR count). The molecule has 1 aromatic rings. The van der Waals surface area contributed by atoms with Crippen molar-refractivity contribution in [2.24, 2.45) is 0 Å². The molecule has 0 saturated carbocycles. The smallest absolute Gasteiger partial charge is 0.434 e. The van der Waals surface area contributed by atoms with Crippen molar-refractivity contribution in [2.45, 2.75) is 18.5 Å². The molecule has 3 nitrogen and oxygen atoms in total. The molecule has 9 heteroatoms. The zero-order valence-electron chi connectivity index (χ0n) is 8.38. The summed E-state index contributed by atoms with van der Waals surface area (Å²) in [6.07, 6.45) is -14.4. The highest BCUT2D eigenvalue weighted by molar-refractivity contribution is 5.37. The number of hydrogen-bond acceptors (Lipinski definition) is 3. The lowest BCUT2D eigenvalue weighted by atomic mass is 10.3. The fraction of sp³-hybridized carbons (Fsp3) is 0.333. The lowest BCUT2D eigenvalue weighted by molar-refractivity contribution is -0.300. The van der Waals surface area contributed by atoms with E-state index in [1.54, 1.807) is 0 Å². The van der Waals surface area contributed by atoms with Crippen LogP contribution in [0.1, 0.15) is 5.56 Å². The van der Waals surface area contributed by atoms with Crippen LogP contribution >= 0.6 is 0 Å². The van der Waals surface area contributed by atoms with E-state index in [1.165, 1.54) is 12.1 Å². The highest BCUT2D eigenvalue weighted by atomic mass is 19.4. The van der Waals surface area contributed by atoms with Crippen molar-refractivity contribution in [2.75, 3.05) is 0 Å². The fourth-order valence-corrected chi connectivity index (χ4v) is 1.00. The van der Waals surface area contributed by atoms with Gasteiger partial charge in [0.25, 0.3) is 6.10 Å². The van der Waals surface area contributed by atoms with E-state index in [0.29, 0.717) is 0 Å². The fourth-order valence-electron chi connectivity index (χ4n) is 1.00. The van der Waals surface area contributed by atoms with Gasteiger partial charge in [0.05, 0.1) is 0 Å². The largest absolute Gasteiger partial charge is 0.454 e. The third-order valence-electron chi connectivity index (χ3n) is 1.72. The summed E-state index contributed by atoms with van der Waals surface area (Å²) in [5, 5.41) is 8.50. The third kappa shape index (κ3) is 3.26.